The standard InChI is InChI=1S/C16H23NO6S2/c1-3-23-16(18)10-11-17(12-13-8-9-13)25(21,22)15-7-5-4-6-14(15)24(2,19)20/h4-7,13H,3,8-12H2,1-2H3. The zero-order valence-electron chi connectivity index (χ0n) is 14.3. The van der Waals surface area contributed by atoms with Crippen LogP contribution in [-0.4, -0.2) is 53.1 Å². The summed E-state index contributed by atoms with van der Waals surface area (Å²) in [7, 11) is -7.73. The number of ether oxygens (including phenoxy) is 1. The van der Waals surface area contributed by atoms with Crippen LogP contribution < -0.4 is 0 Å². The lowest BCUT2D eigenvalue weighted by molar-refractivity contribution is -0.143. The molecule has 25 heavy (non-hydrogen) atoms. The van der Waals surface area contributed by atoms with E-state index in [2.05, 4.69) is 0 Å². The molecule has 7 nitrogen and oxygen atoms in total. The van der Waals surface area contributed by atoms with Gasteiger partial charge in [-0.1, -0.05) is 12.1 Å². The van der Waals surface area contributed by atoms with Crippen molar-refractivity contribution in [2.75, 3.05) is 26.0 Å². The molecule has 0 aliphatic heterocycles. The first-order chi connectivity index (χ1) is 11.7. The van der Waals surface area contributed by atoms with Crippen LogP contribution in [0.1, 0.15) is 26.2 Å². The molecule has 0 spiro atoms. The highest BCUT2D eigenvalue weighted by Gasteiger charge is 2.34. The van der Waals surface area contributed by atoms with Gasteiger partial charge in [-0.3, -0.25) is 4.79 Å². The number of carbonyl (C=O) groups is 1. The molecule has 140 valence electrons. The van der Waals surface area contributed by atoms with Gasteiger partial charge in [-0.2, -0.15) is 4.31 Å². The third kappa shape index (κ3) is 5.26. The molecule has 0 aromatic heterocycles. The van der Waals surface area contributed by atoms with Gasteiger partial charge in [0.05, 0.1) is 17.9 Å². The Morgan fingerprint density at radius 2 is 1.76 bits per heavy atom. The smallest absolute Gasteiger partial charge is 0.307 e. The molecule has 1 aliphatic carbocycles. The fraction of sp³-hybridized carbons (Fsp3) is 0.562. The Bertz CT molecular complexity index is 828. The van der Waals surface area contributed by atoms with E-state index in [0.717, 1.165) is 19.1 Å². The molecule has 1 saturated carbocycles. The maximum absolute atomic E-state index is 13.0. The van der Waals surface area contributed by atoms with Crippen LogP contribution in [0, 0.1) is 5.92 Å². The topological polar surface area (TPSA) is 97.8 Å². The molecule has 2 rings (SSSR count). The second kappa shape index (κ2) is 7.84. The summed E-state index contributed by atoms with van der Waals surface area (Å²) in [5.74, 6) is -0.225. The quantitative estimate of drug-likeness (QED) is 0.593. The summed E-state index contributed by atoms with van der Waals surface area (Å²) in [5.41, 5.74) is 0. The molecule has 1 fully saturated rings. The first-order valence-electron chi connectivity index (χ1n) is 8.11. The van der Waals surface area contributed by atoms with E-state index >= 15 is 0 Å². The van der Waals surface area contributed by atoms with E-state index in [1.165, 1.54) is 28.6 Å². The molecular formula is C16H23NO6S2. The summed E-state index contributed by atoms with van der Waals surface area (Å²) in [6, 6.07) is 5.54. The van der Waals surface area contributed by atoms with Gasteiger partial charge in [0.15, 0.2) is 9.84 Å². The van der Waals surface area contributed by atoms with Crippen LogP contribution in [0.15, 0.2) is 34.1 Å². The number of carbonyl (C=O) groups excluding carboxylic acids is 1. The Hall–Kier alpha value is -1.45. The van der Waals surface area contributed by atoms with Gasteiger partial charge in [0.2, 0.25) is 10.0 Å². The number of sulfone groups is 1. The van der Waals surface area contributed by atoms with Crippen molar-refractivity contribution in [2.24, 2.45) is 5.92 Å². The van der Waals surface area contributed by atoms with E-state index in [1.807, 2.05) is 0 Å². The van der Waals surface area contributed by atoms with Crippen LogP contribution in [0.2, 0.25) is 0 Å². The number of benzene rings is 1. The van der Waals surface area contributed by atoms with Gasteiger partial charge in [-0.15, -0.1) is 0 Å². The first-order valence-corrected chi connectivity index (χ1v) is 11.4. The Morgan fingerprint density at radius 1 is 1.16 bits per heavy atom. The third-order valence-electron chi connectivity index (χ3n) is 3.90. The highest BCUT2D eigenvalue weighted by atomic mass is 32.2. The van der Waals surface area contributed by atoms with E-state index in [0.29, 0.717) is 0 Å². The third-order valence-corrected chi connectivity index (χ3v) is 7.10. The van der Waals surface area contributed by atoms with Crippen molar-refractivity contribution >= 4 is 25.8 Å². The fourth-order valence-electron chi connectivity index (χ4n) is 2.46. The molecule has 0 unspecified atom stereocenters. The molecule has 0 heterocycles. The van der Waals surface area contributed by atoms with Gasteiger partial charge in [-0.05, 0) is 37.8 Å². The Labute approximate surface area is 148 Å². The lowest BCUT2D eigenvalue weighted by Gasteiger charge is -2.23. The number of esters is 1. The van der Waals surface area contributed by atoms with Crippen molar-refractivity contribution < 1.29 is 26.4 Å². The minimum Gasteiger partial charge on any atom is -0.466 e. The van der Waals surface area contributed by atoms with Crippen LogP contribution in [0.25, 0.3) is 0 Å². The van der Waals surface area contributed by atoms with Crippen molar-refractivity contribution in [3.63, 3.8) is 0 Å². The van der Waals surface area contributed by atoms with Crippen LogP contribution in [0.3, 0.4) is 0 Å². The maximum Gasteiger partial charge on any atom is 0.307 e. The summed E-state index contributed by atoms with van der Waals surface area (Å²) in [6.45, 7) is 2.15. The predicted octanol–water partition coefficient (Wildman–Crippen LogP) is 1.44. The molecule has 0 amide bonds. The molecular weight excluding hydrogens is 366 g/mol. The van der Waals surface area contributed by atoms with E-state index in [9.17, 15) is 21.6 Å². The van der Waals surface area contributed by atoms with Gasteiger partial charge < -0.3 is 4.74 Å². The number of hydrogen-bond acceptors (Lipinski definition) is 6. The highest BCUT2D eigenvalue weighted by Crippen LogP contribution is 2.33. The first kappa shape index (κ1) is 19.9. The summed E-state index contributed by atoms with van der Waals surface area (Å²) in [5, 5.41) is 0. The SMILES string of the molecule is CCOC(=O)CCN(CC1CC1)S(=O)(=O)c1ccccc1S(C)(=O)=O. The average molecular weight is 389 g/mol. The normalized spacial score (nSPS) is 15.3. The van der Waals surface area contributed by atoms with Crippen molar-refractivity contribution in [1.29, 1.82) is 0 Å². The number of hydrogen-bond donors (Lipinski definition) is 0. The number of sulfonamides is 1. The summed E-state index contributed by atoms with van der Waals surface area (Å²) in [6.07, 6.45) is 2.77. The van der Waals surface area contributed by atoms with E-state index in [4.69, 9.17) is 4.74 Å². The lowest BCUT2D eigenvalue weighted by atomic mass is 10.4. The predicted molar refractivity (Wildman–Crippen MR) is 92.3 cm³/mol. The second-order valence-electron chi connectivity index (χ2n) is 6.08. The van der Waals surface area contributed by atoms with Crippen molar-refractivity contribution in [3.05, 3.63) is 24.3 Å². The average Bonchev–Trinajstić information content (AvgIpc) is 3.35. The monoisotopic (exact) mass is 389 g/mol. The van der Waals surface area contributed by atoms with Crippen molar-refractivity contribution in [3.8, 4) is 0 Å². The molecule has 0 bridgehead atoms. The minimum absolute atomic E-state index is 0.0320. The van der Waals surface area contributed by atoms with E-state index in [-0.39, 0.29) is 41.8 Å². The van der Waals surface area contributed by atoms with Crippen LogP contribution in [0.4, 0.5) is 0 Å². The number of rotatable bonds is 9. The minimum atomic E-state index is -4.03. The highest BCUT2D eigenvalue weighted by molar-refractivity contribution is 7.93. The van der Waals surface area contributed by atoms with Gasteiger partial charge in [0.25, 0.3) is 0 Å². The summed E-state index contributed by atoms with van der Waals surface area (Å²) in [4.78, 5) is 11.1. The molecule has 0 atom stereocenters. The Balaban J connectivity index is 2.33. The van der Waals surface area contributed by atoms with Gasteiger partial charge in [0.1, 0.15) is 4.90 Å². The lowest BCUT2D eigenvalue weighted by Crippen LogP contribution is -2.35. The zero-order chi connectivity index (χ0) is 18.7. The van der Waals surface area contributed by atoms with Crippen LogP contribution >= 0.6 is 0 Å². The zero-order valence-corrected chi connectivity index (χ0v) is 16.0. The van der Waals surface area contributed by atoms with E-state index in [1.54, 1.807) is 6.92 Å². The Kier molecular flexibility index (Phi) is 6.23. The van der Waals surface area contributed by atoms with Gasteiger partial charge in [0, 0.05) is 19.3 Å². The van der Waals surface area contributed by atoms with Gasteiger partial charge in [-0.25, -0.2) is 16.8 Å². The van der Waals surface area contributed by atoms with E-state index < -0.39 is 25.8 Å². The molecule has 0 saturated heterocycles. The molecule has 1 aliphatic rings. The van der Waals surface area contributed by atoms with Crippen LogP contribution in [-0.2, 0) is 29.4 Å². The van der Waals surface area contributed by atoms with Gasteiger partial charge >= 0.3 is 5.97 Å². The van der Waals surface area contributed by atoms with Crippen molar-refractivity contribution in [1.82, 2.24) is 4.31 Å². The second-order valence-corrected chi connectivity index (χ2v) is 9.97. The molecule has 1 aromatic carbocycles. The molecule has 9 heteroatoms. The largest absolute Gasteiger partial charge is 0.466 e. The maximum atomic E-state index is 13.0. The summed E-state index contributed by atoms with van der Waals surface area (Å²) < 4.78 is 56.0. The molecule has 1 aromatic rings. The van der Waals surface area contributed by atoms with Crippen molar-refractivity contribution in [2.45, 2.75) is 36.0 Å². The summed E-state index contributed by atoms with van der Waals surface area (Å²) >= 11 is 0. The molecule has 0 N–H and O–H groups in total. The number of nitrogens with zero attached hydrogens (tertiary/aromatic N) is 1. The fourth-order valence-corrected chi connectivity index (χ4v) is 5.57. The molecule has 0 radical (unpaired) electrons. The Morgan fingerprint density at radius 3 is 2.28 bits per heavy atom. The van der Waals surface area contributed by atoms with Crippen LogP contribution in [0.5, 0.6) is 0 Å².